The maximum absolute atomic E-state index is 12.4. The Morgan fingerprint density at radius 1 is 1.14 bits per heavy atom. The predicted molar refractivity (Wildman–Crippen MR) is 106 cm³/mol. The van der Waals surface area contributed by atoms with Crippen molar-refractivity contribution in [3.63, 3.8) is 0 Å². The van der Waals surface area contributed by atoms with Gasteiger partial charge in [-0.05, 0) is 24.1 Å². The zero-order chi connectivity index (χ0) is 20.7. The van der Waals surface area contributed by atoms with E-state index >= 15 is 0 Å². The van der Waals surface area contributed by atoms with Crippen molar-refractivity contribution in [2.45, 2.75) is 13.3 Å². The Balaban J connectivity index is 2.04. The minimum absolute atomic E-state index is 0.144. The van der Waals surface area contributed by atoms with E-state index in [0.717, 1.165) is 12.0 Å². The summed E-state index contributed by atoms with van der Waals surface area (Å²) in [6, 6.07) is 10.7. The lowest BCUT2D eigenvalue weighted by Crippen LogP contribution is -2.37. The first kappa shape index (κ1) is 20.7. The molecule has 2 aromatic rings. The van der Waals surface area contributed by atoms with Crippen LogP contribution in [0.2, 0.25) is 0 Å². The molecule has 0 heterocycles. The first-order valence-corrected chi connectivity index (χ1v) is 8.58. The summed E-state index contributed by atoms with van der Waals surface area (Å²) in [5, 5.41) is 16.2. The first-order valence-electron chi connectivity index (χ1n) is 8.58. The minimum atomic E-state index is -0.599. The summed E-state index contributed by atoms with van der Waals surface area (Å²) in [4.78, 5) is 36.2. The van der Waals surface area contributed by atoms with Gasteiger partial charge in [0, 0.05) is 24.9 Å². The highest BCUT2D eigenvalue weighted by atomic mass is 16.6. The Bertz CT molecular complexity index is 884. The van der Waals surface area contributed by atoms with Gasteiger partial charge in [-0.15, -0.1) is 0 Å². The Kier molecular flexibility index (Phi) is 6.91. The molecule has 9 heteroatoms. The Morgan fingerprint density at radius 3 is 2.50 bits per heavy atom. The summed E-state index contributed by atoms with van der Waals surface area (Å²) in [5.74, 6) is -0.0850. The van der Waals surface area contributed by atoms with E-state index in [4.69, 9.17) is 4.74 Å². The monoisotopic (exact) mass is 386 g/mol. The first-order chi connectivity index (χ1) is 13.3. The summed E-state index contributed by atoms with van der Waals surface area (Å²) in [6.45, 7) is 1.79. The number of likely N-dealkylation sites (N-methyl/N-ethyl adjacent to an activating group) is 1. The number of para-hydroxylation sites is 1. The molecule has 0 atom stereocenters. The third kappa shape index (κ3) is 5.19. The number of benzene rings is 2. The molecule has 148 valence electrons. The topological polar surface area (TPSA) is 114 Å². The van der Waals surface area contributed by atoms with Crippen LogP contribution in [0, 0.1) is 10.1 Å². The van der Waals surface area contributed by atoms with Gasteiger partial charge in [-0.25, -0.2) is 4.79 Å². The number of anilines is 2. The lowest BCUT2D eigenvalue weighted by molar-refractivity contribution is -0.384. The van der Waals surface area contributed by atoms with E-state index in [0.29, 0.717) is 5.69 Å². The van der Waals surface area contributed by atoms with E-state index in [2.05, 4.69) is 10.6 Å². The standard InChI is InChI=1S/C19H22N4O5/c1-4-13-7-5-6-8-15(13)20-18(24)12-22(2)19(25)21-16-11-14(23(26)27)9-10-17(16)28-3/h5-11H,4,12H2,1-3H3,(H,20,24)(H,21,25). The van der Waals surface area contributed by atoms with Crippen LogP contribution in [0.15, 0.2) is 42.5 Å². The molecule has 0 unspecified atom stereocenters. The zero-order valence-corrected chi connectivity index (χ0v) is 15.9. The van der Waals surface area contributed by atoms with E-state index in [1.165, 1.54) is 37.3 Å². The fourth-order valence-corrected chi connectivity index (χ4v) is 2.55. The Labute approximate surface area is 162 Å². The molecule has 0 bridgehead atoms. The van der Waals surface area contributed by atoms with Crippen molar-refractivity contribution in [2.24, 2.45) is 0 Å². The van der Waals surface area contributed by atoms with Crippen LogP contribution in [0.1, 0.15) is 12.5 Å². The van der Waals surface area contributed by atoms with E-state index in [1.54, 1.807) is 6.07 Å². The van der Waals surface area contributed by atoms with Crippen LogP contribution in [0.5, 0.6) is 5.75 Å². The molecule has 0 spiro atoms. The quantitative estimate of drug-likeness (QED) is 0.560. The van der Waals surface area contributed by atoms with Crippen molar-refractivity contribution in [1.82, 2.24) is 4.90 Å². The molecule has 0 saturated heterocycles. The fourth-order valence-electron chi connectivity index (χ4n) is 2.55. The van der Waals surface area contributed by atoms with E-state index in [-0.39, 0.29) is 29.6 Å². The predicted octanol–water partition coefficient (Wildman–Crippen LogP) is 3.27. The van der Waals surface area contributed by atoms with Crippen molar-refractivity contribution >= 4 is 29.0 Å². The summed E-state index contributed by atoms with van der Waals surface area (Å²) in [7, 11) is 2.84. The molecule has 3 amide bonds. The minimum Gasteiger partial charge on any atom is -0.495 e. The number of urea groups is 1. The van der Waals surface area contributed by atoms with Gasteiger partial charge in [0.25, 0.3) is 5.69 Å². The number of amides is 3. The van der Waals surface area contributed by atoms with Crippen LogP contribution in [0.25, 0.3) is 0 Å². The molecule has 0 aliphatic rings. The Morgan fingerprint density at radius 2 is 1.86 bits per heavy atom. The third-order valence-corrected chi connectivity index (χ3v) is 4.04. The lowest BCUT2D eigenvalue weighted by Gasteiger charge is -2.19. The molecule has 0 saturated carbocycles. The second-order valence-corrected chi connectivity index (χ2v) is 5.99. The molecular formula is C19H22N4O5. The molecule has 0 radical (unpaired) electrons. The van der Waals surface area contributed by atoms with Crippen LogP contribution in [0.4, 0.5) is 21.9 Å². The highest BCUT2D eigenvalue weighted by Gasteiger charge is 2.18. The number of hydrogen-bond acceptors (Lipinski definition) is 5. The summed E-state index contributed by atoms with van der Waals surface area (Å²) in [6.07, 6.45) is 0.763. The van der Waals surface area contributed by atoms with Gasteiger partial charge in [-0.3, -0.25) is 14.9 Å². The molecule has 2 N–H and O–H groups in total. The number of aryl methyl sites for hydroxylation is 1. The average molecular weight is 386 g/mol. The van der Waals surface area contributed by atoms with E-state index in [1.807, 2.05) is 25.1 Å². The second kappa shape index (κ2) is 9.36. The molecule has 0 fully saturated rings. The van der Waals surface area contributed by atoms with Crippen molar-refractivity contribution in [2.75, 3.05) is 31.3 Å². The number of nitro groups is 1. The molecule has 9 nitrogen and oxygen atoms in total. The zero-order valence-electron chi connectivity index (χ0n) is 15.9. The van der Waals surface area contributed by atoms with Gasteiger partial charge in [0.1, 0.15) is 12.3 Å². The largest absolute Gasteiger partial charge is 0.495 e. The molecular weight excluding hydrogens is 364 g/mol. The van der Waals surface area contributed by atoms with Crippen LogP contribution >= 0.6 is 0 Å². The van der Waals surface area contributed by atoms with Crippen LogP contribution in [-0.4, -0.2) is 42.5 Å². The summed E-state index contributed by atoms with van der Waals surface area (Å²) < 4.78 is 5.11. The lowest BCUT2D eigenvalue weighted by atomic mass is 10.1. The number of nitrogens with one attached hydrogen (secondary N) is 2. The summed E-state index contributed by atoms with van der Waals surface area (Å²) >= 11 is 0. The maximum atomic E-state index is 12.4. The molecule has 0 aliphatic heterocycles. The number of nitro benzene ring substituents is 1. The molecule has 28 heavy (non-hydrogen) atoms. The SMILES string of the molecule is CCc1ccccc1NC(=O)CN(C)C(=O)Nc1cc([N+](=O)[O-])ccc1OC. The van der Waals surface area contributed by atoms with Gasteiger partial charge in [0.15, 0.2) is 0 Å². The average Bonchev–Trinajstić information content (AvgIpc) is 2.68. The number of carbonyl (C=O) groups is 2. The number of carbonyl (C=O) groups excluding carboxylic acids is 2. The van der Waals surface area contributed by atoms with Gasteiger partial charge < -0.3 is 20.3 Å². The molecule has 2 aromatic carbocycles. The van der Waals surface area contributed by atoms with E-state index < -0.39 is 11.0 Å². The van der Waals surface area contributed by atoms with Crippen LogP contribution < -0.4 is 15.4 Å². The van der Waals surface area contributed by atoms with Crippen LogP contribution in [-0.2, 0) is 11.2 Å². The highest BCUT2D eigenvalue weighted by Crippen LogP contribution is 2.29. The number of hydrogen-bond donors (Lipinski definition) is 2. The van der Waals surface area contributed by atoms with Gasteiger partial charge >= 0.3 is 6.03 Å². The number of nitrogens with zero attached hydrogens (tertiary/aromatic N) is 2. The van der Waals surface area contributed by atoms with Gasteiger partial charge in [-0.1, -0.05) is 25.1 Å². The fraction of sp³-hybridized carbons (Fsp3) is 0.263. The van der Waals surface area contributed by atoms with E-state index in [9.17, 15) is 19.7 Å². The highest BCUT2D eigenvalue weighted by molar-refractivity contribution is 5.97. The van der Waals surface area contributed by atoms with Crippen molar-refractivity contribution in [1.29, 1.82) is 0 Å². The van der Waals surface area contributed by atoms with Crippen molar-refractivity contribution < 1.29 is 19.2 Å². The number of non-ortho nitro benzene ring substituents is 1. The maximum Gasteiger partial charge on any atom is 0.322 e. The number of methoxy groups -OCH3 is 1. The molecule has 2 rings (SSSR count). The molecule has 0 aliphatic carbocycles. The van der Waals surface area contributed by atoms with Gasteiger partial charge in [0.2, 0.25) is 5.91 Å². The third-order valence-electron chi connectivity index (χ3n) is 4.04. The number of rotatable bonds is 7. The Hall–Kier alpha value is -3.62. The van der Waals surface area contributed by atoms with Crippen LogP contribution in [0.3, 0.4) is 0 Å². The summed E-state index contributed by atoms with van der Waals surface area (Å²) in [5.41, 5.74) is 1.64. The van der Waals surface area contributed by atoms with Gasteiger partial charge in [0.05, 0.1) is 17.7 Å². The van der Waals surface area contributed by atoms with Crippen molar-refractivity contribution in [3.05, 3.63) is 58.1 Å². The smallest absolute Gasteiger partial charge is 0.322 e. The van der Waals surface area contributed by atoms with Gasteiger partial charge in [-0.2, -0.15) is 0 Å². The van der Waals surface area contributed by atoms with Crippen molar-refractivity contribution in [3.8, 4) is 5.75 Å². The molecule has 0 aromatic heterocycles. The number of ether oxygens (including phenoxy) is 1. The normalized spacial score (nSPS) is 10.1. The second-order valence-electron chi connectivity index (χ2n) is 5.99.